The molecule has 8 heteroatoms. The van der Waals surface area contributed by atoms with Crippen LogP contribution in [0.15, 0.2) is 36.8 Å². The molecule has 0 saturated carbocycles. The highest BCUT2D eigenvalue weighted by atomic mass is 16.5. The molecule has 2 saturated heterocycles. The van der Waals surface area contributed by atoms with Gasteiger partial charge in [-0.3, -0.25) is 14.6 Å². The minimum atomic E-state index is -0.647. The van der Waals surface area contributed by atoms with Gasteiger partial charge in [0.25, 0.3) is 11.8 Å². The molecule has 2 fully saturated rings. The van der Waals surface area contributed by atoms with Crippen molar-refractivity contribution in [1.82, 2.24) is 24.8 Å². The Hall–Kier alpha value is -3.03. The summed E-state index contributed by atoms with van der Waals surface area (Å²) in [6.45, 7) is 2.72. The van der Waals surface area contributed by atoms with Crippen LogP contribution in [0, 0.1) is 12.8 Å². The first-order chi connectivity index (χ1) is 12.5. The first-order valence-corrected chi connectivity index (χ1v) is 8.47. The molecule has 3 atom stereocenters. The summed E-state index contributed by atoms with van der Waals surface area (Å²) in [7, 11) is 1.76. The van der Waals surface area contributed by atoms with Crippen molar-refractivity contribution in [1.29, 1.82) is 0 Å². The zero-order valence-corrected chi connectivity index (χ0v) is 14.6. The number of ether oxygens (including phenoxy) is 1. The summed E-state index contributed by atoms with van der Waals surface area (Å²) in [5.74, 6) is 0.706. The summed E-state index contributed by atoms with van der Waals surface area (Å²) in [4.78, 5) is 41.0. The molecule has 0 aliphatic carbocycles. The van der Waals surface area contributed by atoms with E-state index in [0.717, 1.165) is 0 Å². The lowest BCUT2D eigenvalue weighted by Gasteiger charge is -2.22. The Bertz CT molecular complexity index is 844. The molecule has 0 aromatic carbocycles. The topological polar surface area (TPSA) is 88.5 Å². The Labute approximate surface area is 150 Å². The monoisotopic (exact) mass is 353 g/mol. The van der Waals surface area contributed by atoms with Gasteiger partial charge in [0.05, 0.1) is 11.6 Å². The minimum absolute atomic E-state index is 0.0592. The Morgan fingerprint density at radius 3 is 2.85 bits per heavy atom. The Morgan fingerprint density at radius 2 is 2.12 bits per heavy atom. The van der Waals surface area contributed by atoms with Crippen molar-refractivity contribution in [3.05, 3.63) is 48.2 Å². The largest absolute Gasteiger partial charge is 0.464 e. The van der Waals surface area contributed by atoms with E-state index in [4.69, 9.17) is 4.74 Å². The SMILES string of the molecule is Cc1nccc(O[C@@H]2C(=O)N(C)[C@@H]3CN(C(=O)c4cccnc4)C[C@H]23)n1. The standard InChI is InChI=1S/C18H19N5O3/c1-11-20-7-5-15(21-11)26-16-13-9-23(10-14(13)22(2)18(16)25)17(24)12-4-3-6-19-8-12/h3-8,13-14,16H,9-10H2,1-2H3/t13-,14+,16-/m0/s1. The molecule has 4 heterocycles. The van der Waals surface area contributed by atoms with Crippen LogP contribution in [0.2, 0.25) is 0 Å². The van der Waals surface area contributed by atoms with Crippen LogP contribution in [-0.2, 0) is 4.79 Å². The first-order valence-electron chi connectivity index (χ1n) is 8.47. The van der Waals surface area contributed by atoms with E-state index < -0.39 is 6.10 Å². The summed E-state index contributed by atoms with van der Waals surface area (Å²) in [5, 5.41) is 0. The fraction of sp³-hybridized carbons (Fsp3) is 0.389. The second kappa shape index (κ2) is 6.36. The zero-order valence-electron chi connectivity index (χ0n) is 14.6. The van der Waals surface area contributed by atoms with Crippen LogP contribution >= 0.6 is 0 Å². The maximum absolute atomic E-state index is 12.7. The van der Waals surface area contributed by atoms with E-state index in [0.29, 0.717) is 30.4 Å². The van der Waals surface area contributed by atoms with Gasteiger partial charge in [0.1, 0.15) is 5.82 Å². The van der Waals surface area contributed by atoms with E-state index in [1.54, 1.807) is 60.6 Å². The number of carbonyl (C=O) groups excluding carboxylic acids is 2. The predicted octanol–water partition coefficient (Wildman–Crippen LogP) is 0.540. The number of carbonyl (C=O) groups is 2. The van der Waals surface area contributed by atoms with Gasteiger partial charge in [-0.25, -0.2) is 4.98 Å². The van der Waals surface area contributed by atoms with Gasteiger partial charge in [-0.05, 0) is 19.1 Å². The quantitative estimate of drug-likeness (QED) is 0.800. The first kappa shape index (κ1) is 16.4. The molecule has 8 nitrogen and oxygen atoms in total. The van der Waals surface area contributed by atoms with E-state index in [1.165, 1.54) is 0 Å². The van der Waals surface area contributed by atoms with Crippen LogP contribution in [0.1, 0.15) is 16.2 Å². The number of hydrogen-bond donors (Lipinski definition) is 0. The van der Waals surface area contributed by atoms with Crippen molar-refractivity contribution < 1.29 is 14.3 Å². The van der Waals surface area contributed by atoms with Crippen LogP contribution < -0.4 is 4.74 Å². The molecule has 0 bridgehead atoms. The fourth-order valence-electron chi connectivity index (χ4n) is 3.67. The molecule has 2 amide bonds. The third-order valence-electron chi connectivity index (χ3n) is 5.00. The third-order valence-corrected chi connectivity index (χ3v) is 5.00. The molecule has 0 N–H and O–H groups in total. The summed E-state index contributed by atoms with van der Waals surface area (Å²) >= 11 is 0. The number of nitrogens with zero attached hydrogens (tertiary/aromatic N) is 5. The molecule has 134 valence electrons. The highest BCUT2D eigenvalue weighted by Gasteiger charge is 2.53. The summed E-state index contributed by atoms with van der Waals surface area (Å²) < 4.78 is 5.89. The van der Waals surface area contributed by atoms with E-state index >= 15 is 0 Å². The lowest BCUT2D eigenvalue weighted by atomic mass is 10.0. The normalized spacial score (nSPS) is 24.7. The van der Waals surface area contributed by atoms with Crippen molar-refractivity contribution in [2.45, 2.75) is 19.1 Å². The van der Waals surface area contributed by atoms with Gasteiger partial charge < -0.3 is 14.5 Å². The van der Waals surface area contributed by atoms with Gasteiger partial charge in [-0.15, -0.1) is 0 Å². The second-order valence-electron chi connectivity index (χ2n) is 6.61. The van der Waals surface area contributed by atoms with Gasteiger partial charge in [-0.1, -0.05) is 0 Å². The van der Waals surface area contributed by atoms with Crippen LogP contribution in [0.4, 0.5) is 0 Å². The molecular weight excluding hydrogens is 334 g/mol. The molecule has 0 radical (unpaired) electrons. The van der Waals surface area contributed by atoms with Gasteiger partial charge in [-0.2, -0.15) is 4.98 Å². The van der Waals surface area contributed by atoms with Crippen molar-refractivity contribution >= 4 is 11.8 Å². The van der Waals surface area contributed by atoms with E-state index in [1.807, 2.05) is 0 Å². The number of aromatic nitrogens is 3. The van der Waals surface area contributed by atoms with Crippen molar-refractivity contribution in [3.63, 3.8) is 0 Å². The predicted molar refractivity (Wildman–Crippen MR) is 91.4 cm³/mol. The number of pyridine rings is 1. The molecule has 2 aliphatic heterocycles. The molecule has 2 aromatic heterocycles. The molecule has 0 spiro atoms. The third kappa shape index (κ3) is 2.77. The van der Waals surface area contributed by atoms with E-state index in [9.17, 15) is 9.59 Å². The highest BCUT2D eigenvalue weighted by Crippen LogP contribution is 2.34. The highest BCUT2D eigenvalue weighted by molar-refractivity contribution is 5.94. The van der Waals surface area contributed by atoms with Crippen molar-refractivity contribution in [2.24, 2.45) is 5.92 Å². The molecular formula is C18H19N5O3. The number of likely N-dealkylation sites (N-methyl/N-ethyl adjacent to an activating group) is 1. The second-order valence-corrected chi connectivity index (χ2v) is 6.61. The smallest absolute Gasteiger partial charge is 0.264 e. The maximum atomic E-state index is 12.7. The zero-order chi connectivity index (χ0) is 18.3. The molecule has 2 aromatic rings. The number of amides is 2. The number of rotatable bonds is 3. The number of aryl methyl sites for hydroxylation is 1. The molecule has 2 aliphatic rings. The number of hydrogen-bond acceptors (Lipinski definition) is 6. The summed E-state index contributed by atoms with van der Waals surface area (Å²) in [6.07, 6.45) is 4.15. The number of likely N-dealkylation sites (tertiary alicyclic amines) is 2. The lowest BCUT2D eigenvalue weighted by Crippen LogP contribution is -2.40. The van der Waals surface area contributed by atoms with Crippen molar-refractivity contribution in [3.8, 4) is 5.88 Å². The Kier molecular flexibility index (Phi) is 4.02. The van der Waals surface area contributed by atoms with Gasteiger partial charge in [0.15, 0.2) is 6.10 Å². The van der Waals surface area contributed by atoms with Gasteiger partial charge in [0.2, 0.25) is 5.88 Å². The Morgan fingerprint density at radius 1 is 1.27 bits per heavy atom. The fourth-order valence-corrected chi connectivity index (χ4v) is 3.67. The molecule has 0 unspecified atom stereocenters. The maximum Gasteiger partial charge on any atom is 0.264 e. The van der Waals surface area contributed by atoms with Crippen LogP contribution in [-0.4, -0.2) is 68.8 Å². The van der Waals surface area contributed by atoms with E-state index in [2.05, 4.69) is 15.0 Å². The molecule has 26 heavy (non-hydrogen) atoms. The van der Waals surface area contributed by atoms with Crippen LogP contribution in [0.5, 0.6) is 5.88 Å². The van der Waals surface area contributed by atoms with E-state index in [-0.39, 0.29) is 23.8 Å². The summed E-state index contributed by atoms with van der Waals surface area (Å²) in [6, 6.07) is 5.07. The van der Waals surface area contributed by atoms with Gasteiger partial charge in [0, 0.05) is 50.7 Å². The summed E-state index contributed by atoms with van der Waals surface area (Å²) in [5.41, 5.74) is 0.547. The Balaban J connectivity index is 1.53. The van der Waals surface area contributed by atoms with Gasteiger partial charge >= 0.3 is 0 Å². The van der Waals surface area contributed by atoms with Crippen molar-refractivity contribution in [2.75, 3.05) is 20.1 Å². The molecule has 4 rings (SSSR count). The minimum Gasteiger partial charge on any atom is -0.464 e. The number of fused-ring (bicyclic) bond motifs is 1. The van der Waals surface area contributed by atoms with Crippen LogP contribution in [0.25, 0.3) is 0 Å². The van der Waals surface area contributed by atoms with Crippen LogP contribution in [0.3, 0.4) is 0 Å². The average Bonchev–Trinajstić information content (AvgIpc) is 3.17. The average molecular weight is 353 g/mol. The lowest BCUT2D eigenvalue weighted by molar-refractivity contribution is -0.134.